The van der Waals surface area contributed by atoms with Gasteiger partial charge in [-0.25, -0.2) is 0 Å². The lowest BCUT2D eigenvalue weighted by Gasteiger charge is -2.61. The highest BCUT2D eigenvalue weighted by Crippen LogP contribution is 2.67. The molecule has 4 aliphatic carbocycles. The molecular formula is C22H35NO3. The molecule has 26 heavy (non-hydrogen) atoms. The number of hydrogen-bond acceptors (Lipinski definition) is 3. The normalized spacial score (nSPS) is 50.6. The van der Waals surface area contributed by atoms with Gasteiger partial charge in [-0.3, -0.25) is 9.59 Å². The lowest BCUT2D eigenvalue weighted by atomic mass is 9.44. The van der Waals surface area contributed by atoms with Gasteiger partial charge in [0.25, 0.3) is 0 Å². The fourth-order valence-corrected chi connectivity index (χ4v) is 7.89. The summed E-state index contributed by atoms with van der Waals surface area (Å²) < 4.78 is 0. The highest BCUT2D eigenvalue weighted by molar-refractivity contribution is 5.80. The summed E-state index contributed by atoms with van der Waals surface area (Å²) in [5.74, 6) is 2.52. The molecule has 0 saturated heterocycles. The third kappa shape index (κ3) is 2.43. The first-order chi connectivity index (χ1) is 12.2. The van der Waals surface area contributed by atoms with Crippen LogP contribution in [0, 0.1) is 40.4 Å². The molecule has 0 aromatic carbocycles. The van der Waals surface area contributed by atoms with Crippen LogP contribution in [0.4, 0.5) is 0 Å². The first-order valence-electron chi connectivity index (χ1n) is 10.6. The molecule has 0 bridgehead atoms. The van der Waals surface area contributed by atoms with Crippen LogP contribution < -0.4 is 0 Å². The van der Waals surface area contributed by atoms with Crippen molar-refractivity contribution in [2.45, 2.75) is 71.3 Å². The van der Waals surface area contributed by atoms with Gasteiger partial charge in [0.05, 0.1) is 6.10 Å². The number of aliphatic hydroxyl groups is 1. The van der Waals surface area contributed by atoms with Gasteiger partial charge in [-0.2, -0.15) is 0 Å². The van der Waals surface area contributed by atoms with E-state index in [0.717, 1.165) is 44.9 Å². The van der Waals surface area contributed by atoms with Crippen molar-refractivity contribution in [1.82, 2.24) is 4.90 Å². The van der Waals surface area contributed by atoms with E-state index < -0.39 is 0 Å². The molecular weight excluding hydrogens is 326 g/mol. The fourth-order valence-electron chi connectivity index (χ4n) is 7.89. The predicted molar refractivity (Wildman–Crippen MR) is 100 cm³/mol. The fraction of sp³-hybridized carbons (Fsp3) is 0.909. The minimum Gasteiger partial charge on any atom is -0.393 e. The van der Waals surface area contributed by atoms with Gasteiger partial charge >= 0.3 is 0 Å². The topological polar surface area (TPSA) is 57.6 Å². The van der Waals surface area contributed by atoms with Gasteiger partial charge in [-0.1, -0.05) is 13.8 Å². The van der Waals surface area contributed by atoms with Gasteiger partial charge < -0.3 is 10.0 Å². The van der Waals surface area contributed by atoms with Crippen LogP contribution in [0.5, 0.6) is 0 Å². The van der Waals surface area contributed by atoms with Crippen molar-refractivity contribution in [3.63, 3.8) is 0 Å². The van der Waals surface area contributed by atoms with Crippen molar-refractivity contribution >= 4 is 11.7 Å². The van der Waals surface area contributed by atoms with Crippen molar-refractivity contribution in [3.05, 3.63) is 0 Å². The second-order valence-electron chi connectivity index (χ2n) is 10.5. The van der Waals surface area contributed by atoms with E-state index in [1.54, 1.807) is 4.90 Å². The Morgan fingerprint density at radius 3 is 2.54 bits per heavy atom. The zero-order valence-corrected chi connectivity index (χ0v) is 16.8. The lowest BCUT2D eigenvalue weighted by molar-refractivity contribution is -0.176. The summed E-state index contributed by atoms with van der Waals surface area (Å²) in [6, 6.07) is 0. The monoisotopic (exact) mass is 361 g/mol. The van der Waals surface area contributed by atoms with Gasteiger partial charge in [0.15, 0.2) is 0 Å². The Morgan fingerprint density at radius 2 is 1.85 bits per heavy atom. The number of carbonyl (C=O) groups is 2. The van der Waals surface area contributed by atoms with Gasteiger partial charge in [0.1, 0.15) is 5.78 Å². The van der Waals surface area contributed by atoms with Crippen LogP contribution in [0.25, 0.3) is 0 Å². The van der Waals surface area contributed by atoms with Crippen LogP contribution in [0.2, 0.25) is 0 Å². The van der Waals surface area contributed by atoms with Crippen LogP contribution in [0.15, 0.2) is 0 Å². The summed E-state index contributed by atoms with van der Waals surface area (Å²) in [4.78, 5) is 26.6. The van der Waals surface area contributed by atoms with E-state index in [-0.39, 0.29) is 28.8 Å². The number of aliphatic hydroxyl groups excluding tert-OH is 1. The Kier molecular flexibility index (Phi) is 4.30. The first kappa shape index (κ1) is 18.5. The SMILES string of the molecule is CN(C)C(=O)[C@H]1CCC2C3CCC4CC(=O)CCC4(C)C3[C@@H](O)CC21C. The van der Waals surface area contributed by atoms with Crippen molar-refractivity contribution in [2.75, 3.05) is 14.1 Å². The number of rotatable bonds is 1. The molecule has 4 aliphatic rings. The van der Waals surface area contributed by atoms with E-state index in [4.69, 9.17) is 0 Å². The quantitative estimate of drug-likeness (QED) is 0.780. The Labute approximate surface area is 157 Å². The molecule has 146 valence electrons. The van der Waals surface area contributed by atoms with Crippen LogP contribution in [0.1, 0.15) is 65.2 Å². The van der Waals surface area contributed by atoms with Crippen molar-refractivity contribution in [3.8, 4) is 0 Å². The molecule has 0 aromatic rings. The lowest BCUT2D eigenvalue weighted by Crippen LogP contribution is -2.59. The molecule has 4 nitrogen and oxygen atoms in total. The second-order valence-corrected chi connectivity index (χ2v) is 10.5. The molecule has 4 fully saturated rings. The first-order valence-corrected chi connectivity index (χ1v) is 10.6. The van der Waals surface area contributed by atoms with Gasteiger partial charge in [-0.05, 0) is 73.0 Å². The Morgan fingerprint density at radius 1 is 1.12 bits per heavy atom. The van der Waals surface area contributed by atoms with E-state index in [2.05, 4.69) is 13.8 Å². The van der Waals surface area contributed by atoms with Gasteiger partial charge in [0, 0.05) is 32.9 Å². The molecule has 0 heterocycles. The van der Waals surface area contributed by atoms with E-state index in [0.29, 0.717) is 35.9 Å². The highest BCUT2D eigenvalue weighted by atomic mass is 16.3. The van der Waals surface area contributed by atoms with E-state index >= 15 is 0 Å². The number of hydrogen-bond donors (Lipinski definition) is 1. The third-order valence-corrected chi connectivity index (χ3v) is 9.15. The summed E-state index contributed by atoms with van der Waals surface area (Å²) in [6.45, 7) is 4.62. The maximum Gasteiger partial charge on any atom is 0.225 e. The minimum absolute atomic E-state index is 0.0524. The van der Waals surface area contributed by atoms with Crippen LogP contribution in [-0.2, 0) is 9.59 Å². The van der Waals surface area contributed by atoms with E-state index in [9.17, 15) is 14.7 Å². The van der Waals surface area contributed by atoms with Crippen LogP contribution in [-0.4, -0.2) is 41.9 Å². The van der Waals surface area contributed by atoms with E-state index in [1.165, 1.54) is 0 Å². The summed E-state index contributed by atoms with van der Waals surface area (Å²) in [6.07, 6.45) is 7.09. The molecule has 0 aliphatic heterocycles. The van der Waals surface area contributed by atoms with Crippen molar-refractivity contribution in [2.24, 2.45) is 40.4 Å². The average Bonchev–Trinajstić information content (AvgIpc) is 2.90. The predicted octanol–water partition coefficient (Wildman–Crippen LogP) is 3.27. The molecule has 4 rings (SSSR count). The zero-order valence-electron chi connectivity index (χ0n) is 16.8. The zero-order chi connectivity index (χ0) is 18.9. The number of amides is 1. The molecule has 1 N–H and O–H groups in total. The molecule has 8 atom stereocenters. The van der Waals surface area contributed by atoms with Crippen molar-refractivity contribution < 1.29 is 14.7 Å². The van der Waals surface area contributed by atoms with Crippen LogP contribution in [0.3, 0.4) is 0 Å². The summed E-state index contributed by atoms with van der Waals surface area (Å²) in [7, 11) is 3.71. The molecule has 1 amide bonds. The number of carbonyl (C=O) groups excluding carboxylic acids is 2. The summed E-state index contributed by atoms with van der Waals surface area (Å²) in [5.41, 5.74) is 0.0246. The number of fused-ring (bicyclic) bond motifs is 5. The molecule has 4 saturated carbocycles. The number of ketones is 1. The second kappa shape index (κ2) is 6.05. The molecule has 4 heteroatoms. The summed E-state index contributed by atoms with van der Waals surface area (Å²) in [5, 5.41) is 11.3. The largest absolute Gasteiger partial charge is 0.393 e. The van der Waals surface area contributed by atoms with Gasteiger partial charge in [-0.15, -0.1) is 0 Å². The molecule has 0 spiro atoms. The number of Topliss-reactive ketones (excluding diaryl/α,β-unsaturated/α-hetero) is 1. The van der Waals surface area contributed by atoms with E-state index in [1.807, 2.05) is 14.1 Å². The molecule has 0 aromatic heterocycles. The maximum atomic E-state index is 12.8. The smallest absolute Gasteiger partial charge is 0.225 e. The maximum absolute atomic E-state index is 12.8. The average molecular weight is 362 g/mol. The van der Waals surface area contributed by atoms with Crippen molar-refractivity contribution in [1.29, 1.82) is 0 Å². The Bertz CT molecular complexity index is 617. The molecule has 0 radical (unpaired) electrons. The third-order valence-electron chi connectivity index (χ3n) is 9.15. The standard InChI is InChI=1S/C22H35NO3/c1-21-10-9-14(24)11-13(21)5-6-15-16-7-8-17(20(26)23(3)4)22(16,2)12-18(25)19(15)21/h13,15-19,25H,5-12H2,1-4H3/t13?,15?,16?,17-,18+,19?,21?,22?/m1/s1. The number of nitrogens with zero attached hydrogens (tertiary/aromatic N) is 1. The highest BCUT2D eigenvalue weighted by Gasteiger charge is 2.64. The Hall–Kier alpha value is -0.900. The van der Waals surface area contributed by atoms with Gasteiger partial charge in [0.2, 0.25) is 5.91 Å². The molecule has 6 unspecified atom stereocenters. The minimum atomic E-state index is -0.335. The van der Waals surface area contributed by atoms with Crippen LogP contribution >= 0.6 is 0 Å². The summed E-state index contributed by atoms with van der Waals surface area (Å²) >= 11 is 0. The Balaban J connectivity index is 1.65.